The van der Waals surface area contributed by atoms with Gasteiger partial charge in [0.25, 0.3) is 5.91 Å². The maximum Gasteiger partial charge on any atom is 0.303 e. The van der Waals surface area contributed by atoms with Gasteiger partial charge in [0.1, 0.15) is 0 Å². The smallest absolute Gasteiger partial charge is 0.303 e. The Bertz CT molecular complexity index is 564. The van der Waals surface area contributed by atoms with Crippen molar-refractivity contribution < 1.29 is 14.7 Å². The van der Waals surface area contributed by atoms with Crippen LogP contribution in [0.15, 0.2) is 29.2 Å². The SMILES string of the molecule is CC(C)(CCC(=O)O)NC(=O)c1ccccc1SCC#N. The first-order chi connectivity index (χ1) is 9.85. The Kier molecular flexibility index (Phi) is 6.25. The number of carboxylic acid groups (broad SMARTS) is 1. The third kappa shape index (κ3) is 5.88. The van der Waals surface area contributed by atoms with E-state index >= 15 is 0 Å². The Morgan fingerprint density at radius 3 is 2.67 bits per heavy atom. The fraction of sp³-hybridized carbons (Fsp3) is 0.400. The zero-order valence-corrected chi connectivity index (χ0v) is 12.9. The Hall–Kier alpha value is -2.00. The largest absolute Gasteiger partial charge is 0.481 e. The lowest BCUT2D eigenvalue weighted by molar-refractivity contribution is -0.137. The molecule has 1 aromatic rings. The van der Waals surface area contributed by atoms with Crippen LogP contribution < -0.4 is 5.32 Å². The summed E-state index contributed by atoms with van der Waals surface area (Å²) in [5.74, 6) is -0.874. The van der Waals surface area contributed by atoms with E-state index in [1.54, 1.807) is 32.0 Å². The van der Waals surface area contributed by atoms with Gasteiger partial charge < -0.3 is 10.4 Å². The number of hydrogen-bond donors (Lipinski definition) is 2. The fourth-order valence-electron chi connectivity index (χ4n) is 1.75. The molecule has 1 rings (SSSR count). The molecule has 0 fully saturated rings. The Balaban J connectivity index is 2.79. The third-order valence-electron chi connectivity index (χ3n) is 2.84. The lowest BCUT2D eigenvalue weighted by Crippen LogP contribution is -2.43. The molecule has 0 aliphatic rings. The highest BCUT2D eigenvalue weighted by molar-refractivity contribution is 7.99. The van der Waals surface area contributed by atoms with Gasteiger partial charge in [0, 0.05) is 16.9 Å². The predicted molar refractivity (Wildman–Crippen MR) is 81.2 cm³/mol. The summed E-state index contributed by atoms with van der Waals surface area (Å²) in [5, 5.41) is 20.2. The van der Waals surface area contributed by atoms with Gasteiger partial charge in [0.05, 0.1) is 17.4 Å². The van der Waals surface area contributed by atoms with Gasteiger partial charge in [-0.3, -0.25) is 9.59 Å². The van der Waals surface area contributed by atoms with E-state index in [2.05, 4.69) is 5.32 Å². The molecule has 1 aromatic carbocycles. The van der Waals surface area contributed by atoms with Gasteiger partial charge >= 0.3 is 5.97 Å². The summed E-state index contributed by atoms with van der Waals surface area (Å²) in [4.78, 5) is 23.7. The molecule has 0 bridgehead atoms. The van der Waals surface area contributed by atoms with Crippen LogP contribution in [0.4, 0.5) is 0 Å². The van der Waals surface area contributed by atoms with Gasteiger partial charge in [-0.1, -0.05) is 12.1 Å². The van der Waals surface area contributed by atoms with Gasteiger partial charge in [0.15, 0.2) is 0 Å². The summed E-state index contributed by atoms with van der Waals surface area (Å²) in [6.45, 7) is 3.58. The highest BCUT2D eigenvalue weighted by Crippen LogP contribution is 2.23. The second-order valence-corrected chi connectivity index (χ2v) is 6.19. The minimum Gasteiger partial charge on any atom is -0.481 e. The number of amides is 1. The molecule has 21 heavy (non-hydrogen) atoms. The summed E-state index contributed by atoms with van der Waals surface area (Å²) in [5.41, 5.74) is -0.108. The number of thioether (sulfide) groups is 1. The number of benzene rings is 1. The van der Waals surface area contributed by atoms with E-state index in [1.165, 1.54) is 11.8 Å². The molecule has 0 unspecified atom stereocenters. The Labute approximate surface area is 128 Å². The number of nitrogens with zero attached hydrogens (tertiary/aromatic N) is 1. The van der Waals surface area contributed by atoms with E-state index in [1.807, 2.05) is 12.1 Å². The summed E-state index contributed by atoms with van der Waals surface area (Å²) >= 11 is 1.30. The van der Waals surface area contributed by atoms with Crippen LogP contribution in [0.5, 0.6) is 0 Å². The first-order valence-corrected chi connectivity index (χ1v) is 7.47. The molecule has 0 spiro atoms. The number of rotatable bonds is 7. The average Bonchev–Trinajstić information content (AvgIpc) is 2.43. The van der Waals surface area contributed by atoms with Gasteiger partial charge in [-0.25, -0.2) is 0 Å². The lowest BCUT2D eigenvalue weighted by atomic mass is 9.98. The van der Waals surface area contributed by atoms with Crippen molar-refractivity contribution in [2.24, 2.45) is 0 Å². The summed E-state index contributed by atoms with van der Waals surface area (Å²) < 4.78 is 0. The molecule has 1 amide bonds. The van der Waals surface area contributed by atoms with Crippen molar-refractivity contribution in [2.45, 2.75) is 37.1 Å². The van der Waals surface area contributed by atoms with E-state index in [0.717, 1.165) is 4.90 Å². The number of hydrogen-bond acceptors (Lipinski definition) is 4. The monoisotopic (exact) mass is 306 g/mol. The zero-order chi connectivity index (χ0) is 15.9. The van der Waals surface area contributed by atoms with Crippen LogP contribution in [0.25, 0.3) is 0 Å². The van der Waals surface area contributed by atoms with E-state index in [0.29, 0.717) is 12.0 Å². The first-order valence-electron chi connectivity index (χ1n) is 6.49. The first kappa shape index (κ1) is 17.1. The van der Waals surface area contributed by atoms with E-state index < -0.39 is 11.5 Å². The molecular weight excluding hydrogens is 288 g/mol. The topological polar surface area (TPSA) is 90.2 Å². The number of carbonyl (C=O) groups is 2. The van der Waals surface area contributed by atoms with Gasteiger partial charge in [0.2, 0.25) is 0 Å². The van der Waals surface area contributed by atoms with Crippen LogP contribution in [0.2, 0.25) is 0 Å². The third-order valence-corrected chi connectivity index (χ3v) is 3.78. The minimum absolute atomic E-state index is 0.00188. The van der Waals surface area contributed by atoms with Crippen LogP contribution in [0.3, 0.4) is 0 Å². The molecule has 0 saturated carbocycles. The zero-order valence-electron chi connectivity index (χ0n) is 12.0. The quantitative estimate of drug-likeness (QED) is 0.756. The standard InChI is InChI=1S/C15H18N2O3S/c1-15(2,8-7-13(18)19)17-14(20)11-5-3-4-6-12(11)21-10-9-16/h3-6H,7-8,10H2,1-2H3,(H,17,20)(H,18,19). The Morgan fingerprint density at radius 1 is 1.38 bits per heavy atom. The number of nitrogens with one attached hydrogen (secondary N) is 1. The van der Waals surface area contributed by atoms with Crippen molar-refractivity contribution in [3.05, 3.63) is 29.8 Å². The second-order valence-electron chi connectivity index (χ2n) is 5.17. The number of carboxylic acids is 1. The van der Waals surface area contributed by atoms with Gasteiger partial charge in [-0.2, -0.15) is 5.26 Å². The second kappa shape index (κ2) is 7.70. The number of carbonyl (C=O) groups excluding carboxylic acids is 1. The summed E-state index contributed by atoms with van der Waals surface area (Å²) in [6, 6.07) is 9.09. The molecule has 0 aliphatic heterocycles. The molecule has 112 valence electrons. The minimum atomic E-state index is -0.887. The molecule has 0 aliphatic carbocycles. The highest BCUT2D eigenvalue weighted by Gasteiger charge is 2.23. The van der Waals surface area contributed by atoms with Crippen molar-refractivity contribution in [1.82, 2.24) is 5.32 Å². The lowest BCUT2D eigenvalue weighted by Gasteiger charge is -2.26. The normalized spacial score (nSPS) is 10.7. The molecule has 0 saturated heterocycles. The molecular formula is C15H18N2O3S. The van der Waals surface area contributed by atoms with Crippen molar-refractivity contribution in [3.8, 4) is 6.07 Å². The highest BCUT2D eigenvalue weighted by atomic mass is 32.2. The number of nitriles is 1. The average molecular weight is 306 g/mol. The molecule has 0 heterocycles. The van der Waals surface area contributed by atoms with Crippen molar-refractivity contribution in [3.63, 3.8) is 0 Å². The fourth-order valence-corrected chi connectivity index (χ4v) is 2.46. The van der Waals surface area contributed by atoms with Crippen molar-refractivity contribution >= 4 is 23.6 Å². The molecule has 0 atom stereocenters. The number of aliphatic carboxylic acids is 1. The molecule has 5 nitrogen and oxygen atoms in total. The van der Waals surface area contributed by atoms with Gasteiger partial charge in [-0.15, -0.1) is 11.8 Å². The maximum atomic E-state index is 12.3. The van der Waals surface area contributed by atoms with E-state index in [-0.39, 0.29) is 18.1 Å². The van der Waals surface area contributed by atoms with Crippen LogP contribution in [-0.2, 0) is 4.79 Å². The molecule has 0 radical (unpaired) electrons. The Morgan fingerprint density at radius 2 is 2.05 bits per heavy atom. The predicted octanol–water partition coefficient (Wildman–Crippen LogP) is 2.68. The van der Waals surface area contributed by atoms with Gasteiger partial charge in [-0.05, 0) is 32.4 Å². The maximum absolute atomic E-state index is 12.3. The van der Waals surface area contributed by atoms with Crippen LogP contribution in [0, 0.1) is 11.3 Å². The van der Waals surface area contributed by atoms with Crippen molar-refractivity contribution in [2.75, 3.05) is 5.75 Å². The van der Waals surface area contributed by atoms with Crippen LogP contribution in [0.1, 0.15) is 37.0 Å². The summed E-state index contributed by atoms with van der Waals surface area (Å²) in [6.07, 6.45) is 0.347. The van der Waals surface area contributed by atoms with Crippen LogP contribution in [-0.4, -0.2) is 28.3 Å². The summed E-state index contributed by atoms with van der Waals surface area (Å²) in [7, 11) is 0. The van der Waals surface area contributed by atoms with E-state index in [4.69, 9.17) is 10.4 Å². The van der Waals surface area contributed by atoms with E-state index in [9.17, 15) is 9.59 Å². The molecule has 0 aromatic heterocycles. The van der Waals surface area contributed by atoms with Crippen LogP contribution >= 0.6 is 11.8 Å². The molecule has 2 N–H and O–H groups in total. The van der Waals surface area contributed by atoms with Crippen molar-refractivity contribution in [1.29, 1.82) is 5.26 Å². The molecule has 6 heteroatoms.